The molecule has 7 heteroatoms. The van der Waals surface area contributed by atoms with Crippen molar-refractivity contribution in [3.05, 3.63) is 0 Å². The molecule has 2 unspecified atom stereocenters. The van der Waals surface area contributed by atoms with Crippen LogP contribution in [0.3, 0.4) is 0 Å². The van der Waals surface area contributed by atoms with Crippen molar-refractivity contribution in [3.63, 3.8) is 0 Å². The van der Waals surface area contributed by atoms with Crippen molar-refractivity contribution in [2.75, 3.05) is 13.2 Å². The van der Waals surface area contributed by atoms with E-state index in [4.69, 9.17) is 23.7 Å². The monoisotopic (exact) mass is 312 g/mol. The Hall–Kier alpha value is -1.62. The lowest BCUT2D eigenvalue weighted by Gasteiger charge is -2.22. The first-order chi connectivity index (χ1) is 10.3. The fraction of sp³-hybridized carbons (Fsp3) is 0.733. The van der Waals surface area contributed by atoms with Gasteiger partial charge in [0.2, 0.25) is 0 Å². The van der Waals surface area contributed by atoms with Gasteiger partial charge in [0.25, 0.3) is 0 Å². The van der Waals surface area contributed by atoms with Gasteiger partial charge in [-0.2, -0.15) is 0 Å². The molecule has 0 spiro atoms. The van der Waals surface area contributed by atoms with E-state index in [2.05, 4.69) is 11.8 Å². The smallest absolute Gasteiger partial charge is 0.384 e. The lowest BCUT2D eigenvalue weighted by Crippen LogP contribution is -2.33. The highest BCUT2D eigenvalue weighted by atomic mass is 16.8. The largest absolute Gasteiger partial charge is 0.463 e. The standard InChI is InChI=1S/C15H20O7/c1-5-18-12(17)7-6-10-13-14(22-15(3,4)21-13)11(20-10)8-19-9(2)16/h10-11,13-14H,5,8H2,1-4H3/t10-,11+,13?,14?/m0/s1. The SMILES string of the molecule is CCOC(=O)C#C[C@@H]1O[C@H](COC(C)=O)C2OC(C)(C)OC21. The van der Waals surface area contributed by atoms with Gasteiger partial charge in [-0.25, -0.2) is 4.79 Å². The Kier molecular flexibility index (Phi) is 5.06. The van der Waals surface area contributed by atoms with Crippen molar-refractivity contribution in [1.29, 1.82) is 0 Å². The van der Waals surface area contributed by atoms with Gasteiger partial charge in [0.15, 0.2) is 5.79 Å². The minimum atomic E-state index is -0.780. The summed E-state index contributed by atoms with van der Waals surface area (Å²) >= 11 is 0. The molecule has 2 fully saturated rings. The van der Waals surface area contributed by atoms with Crippen LogP contribution in [0, 0.1) is 11.8 Å². The number of hydrogen-bond donors (Lipinski definition) is 0. The number of esters is 2. The third kappa shape index (κ3) is 3.97. The maximum absolute atomic E-state index is 11.3. The summed E-state index contributed by atoms with van der Waals surface area (Å²) in [5.41, 5.74) is 0. The molecule has 0 aromatic heterocycles. The molecule has 4 atom stereocenters. The minimum absolute atomic E-state index is 0.0491. The van der Waals surface area contributed by atoms with Gasteiger partial charge in [0.05, 0.1) is 6.61 Å². The first kappa shape index (κ1) is 16.7. The van der Waals surface area contributed by atoms with Crippen molar-refractivity contribution in [3.8, 4) is 11.8 Å². The third-order valence-corrected chi connectivity index (χ3v) is 3.19. The highest BCUT2D eigenvalue weighted by Gasteiger charge is 2.55. The van der Waals surface area contributed by atoms with Crippen molar-refractivity contribution in [1.82, 2.24) is 0 Å². The summed E-state index contributed by atoms with van der Waals surface area (Å²) in [4.78, 5) is 22.3. The number of carbonyl (C=O) groups is 2. The van der Waals surface area contributed by atoms with Gasteiger partial charge in [0.1, 0.15) is 31.0 Å². The molecule has 2 aliphatic heterocycles. The van der Waals surface area contributed by atoms with Crippen LogP contribution in [0.15, 0.2) is 0 Å². The number of rotatable bonds is 3. The van der Waals surface area contributed by atoms with Crippen LogP contribution in [0.1, 0.15) is 27.7 Å². The number of fused-ring (bicyclic) bond motifs is 1. The summed E-state index contributed by atoms with van der Waals surface area (Å²) in [5.74, 6) is 3.27. The molecule has 0 aliphatic carbocycles. The van der Waals surface area contributed by atoms with Crippen LogP contribution in [0.4, 0.5) is 0 Å². The van der Waals surface area contributed by atoms with Gasteiger partial charge in [0, 0.05) is 12.8 Å². The predicted octanol–water partition coefficient (Wildman–Crippen LogP) is 0.403. The molecular formula is C15H20O7. The molecule has 2 rings (SSSR count). The molecule has 7 nitrogen and oxygen atoms in total. The first-order valence-electron chi connectivity index (χ1n) is 7.15. The molecule has 2 saturated heterocycles. The predicted molar refractivity (Wildman–Crippen MR) is 73.5 cm³/mol. The summed E-state index contributed by atoms with van der Waals surface area (Å²) in [6, 6.07) is 0. The Morgan fingerprint density at radius 3 is 2.50 bits per heavy atom. The van der Waals surface area contributed by atoms with Gasteiger partial charge < -0.3 is 23.7 Å². The maximum Gasteiger partial charge on any atom is 0.384 e. The topological polar surface area (TPSA) is 80.3 Å². The van der Waals surface area contributed by atoms with Crippen LogP contribution in [-0.2, 0) is 33.3 Å². The summed E-state index contributed by atoms with van der Waals surface area (Å²) in [6.45, 7) is 6.89. The minimum Gasteiger partial charge on any atom is -0.463 e. The lowest BCUT2D eigenvalue weighted by atomic mass is 10.1. The summed E-state index contributed by atoms with van der Waals surface area (Å²) in [7, 11) is 0. The van der Waals surface area contributed by atoms with Crippen LogP contribution in [0.25, 0.3) is 0 Å². The van der Waals surface area contributed by atoms with E-state index in [1.165, 1.54) is 6.92 Å². The summed E-state index contributed by atoms with van der Waals surface area (Å²) in [6.07, 6.45) is -1.98. The van der Waals surface area contributed by atoms with E-state index < -0.39 is 42.1 Å². The Labute approximate surface area is 129 Å². The van der Waals surface area contributed by atoms with E-state index in [0.29, 0.717) is 0 Å². The third-order valence-electron chi connectivity index (χ3n) is 3.19. The Bertz CT molecular complexity index is 502. The molecule has 0 bridgehead atoms. The Morgan fingerprint density at radius 1 is 1.18 bits per heavy atom. The normalized spacial score (nSPS) is 31.8. The van der Waals surface area contributed by atoms with Gasteiger partial charge in [-0.05, 0) is 20.8 Å². The molecule has 2 aliphatic rings. The highest BCUT2D eigenvalue weighted by molar-refractivity contribution is 5.88. The average molecular weight is 312 g/mol. The molecule has 0 N–H and O–H groups in total. The van der Waals surface area contributed by atoms with E-state index >= 15 is 0 Å². The fourth-order valence-electron chi connectivity index (χ4n) is 2.43. The van der Waals surface area contributed by atoms with E-state index in [9.17, 15) is 9.59 Å². The molecule has 0 aromatic carbocycles. The number of carbonyl (C=O) groups excluding carboxylic acids is 2. The second-order valence-corrected chi connectivity index (χ2v) is 5.45. The molecule has 0 saturated carbocycles. The first-order valence-corrected chi connectivity index (χ1v) is 7.15. The van der Waals surface area contributed by atoms with Crippen LogP contribution < -0.4 is 0 Å². The van der Waals surface area contributed by atoms with E-state index in [-0.39, 0.29) is 13.2 Å². The molecular weight excluding hydrogens is 292 g/mol. The number of ether oxygens (including phenoxy) is 5. The van der Waals surface area contributed by atoms with E-state index in [1.54, 1.807) is 20.8 Å². The highest BCUT2D eigenvalue weighted by Crippen LogP contribution is 2.38. The van der Waals surface area contributed by atoms with Crippen molar-refractivity contribution in [2.45, 2.75) is 57.9 Å². The molecule has 22 heavy (non-hydrogen) atoms. The van der Waals surface area contributed by atoms with Crippen LogP contribution in [0.5, 0.6) is 0 Å². The molecule has 122 valence electrons. The van der Waals surface area contributed by atoms with E-state index in [0.717, 1.165) is 0 Å². The average Bonchev–Trinajstić information content (AvgIpc) is 2.88. The van der Waals surface area contributed by atoms with Gasteiger partial charge in [-0.15, -0.1) is 0 Å². The van der Waals surface area contributed by atoms with Crippen LogP contribution >= 0.6 is 0 Å². The van der Waals surface area contributed by atoms with Gasteiger partial charge >= 0.3 is 11.9 Å². The summed E-state index contributed by atoms with van der Waals surface area (Å²) < 4.78 is 27.0. The second kappa shape index (κ2) is 6.65. The van der Waals surface area contributed by atoms with Gasteiger partial charge in [-0.3, -0.25) is 4.79 Å². The molecule has 0 amide bonds. The molecule has 0 aromatic rings. The zero-order chi connectivity index (χ0) is 16.3. The zero-order valence-electron chi connectivity index (χ0n) is 13.1. The Balaban J connectivity index is 2.07. The molecule has 2 heterocycles. The van der Waals surface area contributed by atoms with Crippen LogP contribution in [0.2, 0.25) is 0 Å². The maximum atomic E-state index is 11.3. The van der Waals surface area contributed by atoms with Crippen LogP contribution in [-0.4, -0.2) is 55.4 Å². The zero-order valence-corrected chi connectivity index (χ0v) is 13.1. The number of hydrogen-bond acceptors (Lipinski definition) is 7. The van der Waals surface area contributed by atoms with E-state index in [1.807, 2.05) is 0 Å². The Morgan fingerprint density at radius 2 is 1.86 bits per heavy atom. The van der Waals surface area contributed by atoms with Crippen molar-refractivity contribution >= 4 is 11.9 Å². The van der Waals surface area contributed by atoms with Crippen molar-refractivity contribution in [2.24, 2.45) is 0 Å². The lowest BCUT2D eigenvalue weighted by molar-refractivity contribution is -0.187. The van der Waals surface area contributed by atoms with Gasteiger partial charge in [-0.1, -0.05) is 5.92 Å². The molecule has 0 radical (unpaired) electrons. The quantitative estimate of drug-likeness (QED) is 0.424. The summed E-state index contributed by atoms with van der Waals surface area (Å²) in [5, 5.41) is 0. The van der Waals surface area contributed by atoms with Crippen molar-refractivity contribution < 1.29 is 33.3 Å². The fourth-order valence-corrected chi connectivity index (χ4v) is 2.43. The second-order valence-electron chi connectivity index (χ2n) is 5.45.